The molecule has 30 heavy (non-hydrogen) atoms. The highest BCUT2D eigenvalue weighted by Crippen LogP contribution is 2.30. The van der Waals surface area contributed by atoms with E-state index < -0.39 is 15.5 Å². The van der Waals surface area contributed by atoms with Crippen LogP contribution in [0.3, 0.4) is 0 Å². The summed E-state index contributed by atoms with van der Waals surface area (Å²) in [5, 5.41) is 6.48. The fourth-order valence-corrected chi connectivity index (χ4v) is 4.70. The Morgan fingerprint density at radius 3 is 2.40 bits per heavy atom. The number of alkyl halides is 3. The van der Waals surface area contributed by atoms with Gasteiger partial charge in [0.15, 0.2) is 5.96 Å². The second kappa shape index (κ2) is 12.0. The molecule has 0 saturated carbocycles. The molecule has 2 aliphatic rings. The van der Waals surface area contributed by atoms with Crippen LogP contribution in [0, 0.1) is 5.92 Å². The molecule has 2 saturated heterocycles. The fraction of sp³-hybridized carbons (Fsp3) is 0.941. The van der Waals surface area contributed by atoms with Crippen molar-refractivity contribution in [1.29, 1.82) is 0 Å². The van der Waals surface area contributed by atoms with E-state index in [9.17, 15) is 21.6 Å². The van der Waals surface area contributed by atoms with E-state index in [1.165, 1.54) is 0 Å². The van der Waals surface area contributed by atoms with Gasteiger partial charge in [-0.3, -0.25) is 9.89 Å². The van der Waals surface area contributed by atoms with Crippen LogP contribution < -0.4 is 10.6 Å². The maximum absolute atomic E-state index is 12.6. The van der Waals surface area contributed by atoms with Crippen LogP contribution in [0.25, 0.3) is 0 Å². The number of halogens is 4. The van der Waals surface area contributed by atoms with Crippen LogP contribution in [0.15, 0.2) is 4.99 Å². The number of hydrogen-bond acceptors (Lipinski definition) is 5. The lowest BCUT2D eigenvalue weighted by Gasteiger charge is -2.38. The molecule has 0 aromatic heterocycles. The van der Waals surface area contributed by atoms with Crippen LogP contribution in [0.5, 0.6) is 0 Å². The molecular formula is C17H33F3IN5O3S. The summed E-state index contributed by atoms with van der Waals surface area (Å²) in [4.78, 5) is 6.57. The molecule has 2 rings (SSSR count). The minimum atomic E-state index is -5.24. The topological polar surface area (TPSA) is 86.3 Å². The van der Waals surface area contributed by atoms with E-state index in [0.29, 0.717) is 48.3 Å². The lowest BCUT2D eigenvalue weighted by molar-refractivity contribution is -0.0496. The molecule has 0 spiro atoms. The van der Waals surface area contributed by atoms with Crippen molar-refractivity contribution in [2.45, 2.75) is 44.3 Å². The van der Waals surface area contributed by atoms with Crippen LogP contribution in [-0.4, -0.2) is 94.2 Å². The average molecular weight is 571 g/mol. The lowest BCUT2D eigenvalue weighted by atomic mass is 9.98. The second-order valence-electron chi connectivity index (χ2n) is 7.64. The van der Waals surface area contributed by atoms with Gasteiger partial charge in [-0.05, 0) is 32.6 Å². The summed E-state index contributed by atoms with van der Waals surface area (Å²) in [6.07, 6.45) is 0.752. The number of hydrogen-bond donors (Lipinski definition) is 2. The molecule has 2 atom stereocenters. The van der Waals surface area contributed by atoms with Gasteiger partial charge in [0.05, 0.1) is 13.2 Å². The lowest BCUT2D eigenvalue weighted by Crippen LogP contribution is -2.53. The Morgan fingerprint density at radius 2 is 1.87 bits per heavy atom. The predicted molar refractivity (Wildman–Crippen MR) is 121 cm³/mol. The number of rotatable bonds is 6. The number of nitrogens with one attached hydrogen (secondary N) is 2. The molecular weight excluding hydrogens is 538 g/mol. The van der Waals surface area contributed by atoms with Crippen LogP contribution >= 0.6 is 24.0 Å². The molecule has 2 unspecified atom stereocenters. The number of sulfonamides is 1. The van der Waals surface area contributed by atoms with Crippen molar-refractivity contribution in [3.8, 4) is 0 Å². The zero-order valence-electron chi connectivity index (χ0n) is 17.6. The molecule has 8 nitrogen and oxygen atoms in total. The van der Waals surface area contributed by atoms with Gasteiger partial charge in [-0.15, -0.1) is 24.0 Å². The number of nitrogens with zero attached hydrogens (tertiary/aromatic N) is 3. The van der Waals surface area contributed by atoms with Crippen molar-refractivity contribution >= 4 is 40.0 Å². The third-order valence-corrected chi connectivity index (χ3v) is 7.17. The van der Waals surface area contributed by atoms with E-state index in [2.05, 4.69) is 34.4 Å². The van der Waals surface area contributed by atoms with E-state index in [-0.39, 0.29) is 43.0 Å². The summed E-state index contributed by atoms with van der Waals surface area (Å²) in [6.45, 7) is 7.60. The van der Waals surface area contributed by atoms with Gasteiger partial charge in [0.25, 0.3) is 0 Å². The molecule has 0 aromatic carbocycles. The normalized spacial score (nSPS) is 24.2. The van der Waals surface area contributed by atoms with Gasteiger partial charge < -0.3 is 15.4 Å². The second-order valence-corrected chi connectivity index (χ2v) is 9.57. The third kappa shape index (κ3) is 7.35. The molecule has 178 valence electrons. The van der Waals surface area contributed by atoms with Crippen molar-refractivity contribution in [3.63, 3.8) is 0 Å². The quantitative estimate of drug-likeness (QED) is 0.285. The van der Waals surface area contributed by atoms with Gasteiger partial charge in [0, 0.05) is 51.9 Å². The molecule has 0 radical (unpaired) electrons. The van der Waals surface area contributed by atoms with E-state index in [1.807, 2.05) is 0 Å². The Labute approximate surface area is 194 Å². The zero-order chi connectivity index (χ0) is 21.7. The Balaban J connectivity index is 0.00000450. The summed E-state index contributed by atoms with van der Waals surface area (Å²) in [6, 6.07) is 0.650. The first kappa shape index (κ1) is 27.7. The Bertz CT molecular complexity index is 658. The van der Waals surface area contributed by atoms with E-state index in [0.717, 1.165) is 19.8 Å². The van der Waals surface area contributed by atoms with Crippen molar-refractivity contribution in [2.24, 2.45) is 10.9 Å². The van der Waals surface area contributed by atoms with Crippen molar-refractivity contribution in [2.75, 3.05) is 53.0 Å². The largest absolute Gasteiger partial charge is 0.511 e. The Kier molecular flexibility index (Phi) is 11.1. The summed E-state index contributed by atoms with van der Waals surface area (Å²) < 4.78 is 66.9. The van der Waals surface area contributed by atoms with Gasteiger partial charge in [-0.25, -0.2) is 8.42 Å². The summed E-state index contributed by atoms with van der Waals surface area (Å²) >= 11 is 0. The van der Waals surface area contributed by atoms with Crippen molar-refractivity contribution in [3.05, 3.63) is 0 Å². The Morgan fingerprint density at radius 1 is 1.23 bits per heavy atom. The minimum absolute atomic E-state index is 0. The Hall–Kier alpha value is -0.380. The van der Waals surface area contributed by atoms with Gasteiger partial charge in [-0.1, -0.05) is 0 Å². The maximum atomic E-state index is 12.6. The number of ether oxygens (including phenoxy) is 1. The maximum Gasteiger partial charge on any atom is 0.511 e. The van der Waals surface area contributed by atoms with Crippen LogP contribution in [0.1, 0.15) is 26.7 Å². The predicted octanol–water partition coefficient (Wildman–Crippen LogP) is 1.44. The first-order valence-electron chi connectivity index (χ1n) is 9.90. The molecule has 0 aliphatic carbocycles. The van der Waals surface area contributed by atoms with E-state index >= 15 is 0 Å². The number of piperidine rings is 1. The van der Waals surface area contributed by atoms with E-state index in [1.54, 1.807) is 7.05 Å². The molecule has 2 fully saturated rings. The minimum Gasteiger partial charge on any atom is -0.379 e. The molecule has 13 heteroatoms. The van der Waals surface area contributed by atoms with Gasteiger partial charge >= 0.3 is 15.5 Å². The molecule has 2 aliphatic heterocycles. The number of aliphatic imine (C=N–C) groups is 1. The van der Waals surface area contributed by atoms with Crippen LogP contribution in [0.4, 0.5) is 13.2 Å². The SMILES string of the molecule is CN=C(NCC1CCN(S(=O)(=O)C(F)(F)F)CC1)NCC(C)N1CCOCC1C.I. The van der Waals surface area contributed by atoms with Crippen LogP contribution in [0.2, 0.25) is 0 Å². The highest BCUT2D eigenvalue weighted by atomic mass is 127. The highest BCUT2D eigenvalue weighted by molar-refractivity contribution is 14.0. The average Bonchev–Trinajstić information content (AvgIpc) is 2.67. The molecule has 0 aromatic rings. The van der Waals surface area contributed by atoms with Gasteiger partial charge in [0.2, 0.25) is 0 Å². The summed E-state index contributed by atoms with van der Waals surface area (Å²) in [7, 11) is -3.57. The van der Waals surface area contributed by atoms with Crippen molar-refractivity contribution in [1.82, 2.24) is 19.8 Å². The molecule has 0 bridgehead atoms. The molecule has 0 amide bonds. The fourth-order valence-electron chi connectivity index (χ4n) is 3.72. The summed E-state index contributed by atoms with van der Waals surface area (Å²) in [5.74, 6) is 0.716. The smallest absolute Gasteiger partial charge is 0.379 e. The monoisotopic (exact) mass is 571 g/mol. The molecule has 2 N–H and O–H groups in total. The summed E-state index contributed by atoms with van der Waals surface area (Å²) in [5.41, 5.74) is -5.24. The van der Waals surface area contributed by atoms with E-state index in [4.69, 9.17) is 4.74 Å². The zero-order valence-corrected chi connectivity index (χ0v) is 20.8. The highest BCUT2D eigenvalue weighted by Gasteiger charge is 2.50. The third-order valence-electron chi connectivity index (χ3n) is 5.54. The molecule has 2 heterocycles. The van der Waals surface area contributed by atoms with Crippen LogP contribution in [-0.2, 0) is 14.8 Å². The number of morpholine rings is 1. The van der Waals surface area contributed by atoms with Gasteiger partial charge in [0.1, 0.15) is 0 Å². The van der Waals surface area contributed by atoms with Crippen molar-refractivity contribution < 1.29 is 26.3 Å². The van der Waals surface area contributed by atoms with Gasteiger partial charge in [-0.2, -0.15) is 17.5 Å². The first-order valence-corrected chi connectivity index (χ1v) is 11.3. The number of guanidine groups is 1. The standard InChI is InChI=1S/C17H32F3N5O3S.HI/c1-13(25-8-9-28-12-14(25)2)10-22-16(21-3)23-11-15-4-6-24(7-5-15)29(26,27)17(18,19)20;/h13-15H,4-12H2,1-3H3,(H2,21,22,23);1H. The first-order chi connectivity index (χ1) is 13.6.